The number of aliphatic hydroxyl groups excluding tert-OH is 1. The van der Waals surface area contributed by atoms with Crippen molar-refractivity contribution in [3.8, 4) is 11.8 Å². The van der Waals surface area contributed by atoms with Crippen molar-refractivity contribution in [2.24, 2.45) is 0 Å². The van der Waals surface area contributed by atoms with Crippen LogP contribution in [0.2, 0.25) is 0 Å². The number of likely N-dealkylation sites (N-methyl/N-ethyl adjacent to an activating group) is 1. The maximum atomic E-state index is 10.5. The number of carbonyl (C=O) groups is 1. The number of hydrogen-bond acceptors (Lipinski definition) is 3. The number of carbonyl (C=O) groups excluding carboxylic acids is 1. The fourth-order valence-electron chi connectivity index (χ4n) is 1.22. The maximum absolute atomic E-state index is 10.5. The largest absolute Gasteiger partial charge is 0.511 e. The number of hydrogen-bond donors (Lipinski definition) is 2. The van der Waals surface area contributed by atoms with Crippen molar-refractivity contribution in [1.29, 1.82) is 0 Å². The zero-order valence-corrected chi connectivity index (χ0v) is 10.2. The first-order valence-electron chi connectivity index (χ1n) is 5.52. The van der Waals surface area contributed by atoms with Crippen LogP contribution in [0.3, 0.4) is 0 Å². The van der Waals surface area contributed by atoms with Gasteiger partial charge in [-0.15, -0.1) is 0 Å². The minimum absolute atomic E-state index is 0.255. The molecule has 0 aromatic heterocycles. The summed E-state index contributed by atoms with van der Waals surface area (Å²) < 4.78 is 0. The molecule has 0 amide bonds. The standard InChI is InChI=1S/C15H15NO2/c1-16-11-15(18)6-4-2-3-5-13-7-9-14(12-17)10-8-13/h2,4,6-10,12,16,18H,11H2,1H3/b4-2+,15-6-. The van der Waals surface area contributed by atoms with E-state index in [0.29, 0.717) is 12.1 Å². The minimum atomic E-state index is 0.255. The first kappa shape index (κ1) is 13.8. The third kappa shape index (κ3) is 5.15. The summed E-state index contributed by atoms with van der Waals surface area (Å²) in [5, 5.41) is 12.1. The maximum Gasteiger partial charge on any atom is 0.150 e. The van der Waals surface area contributed by atoms with Crippen LogP contribution in [-0.2, 0) is 0 Å². The molecule has 0 fully saturated rings. The van der Waals surface area contributed by atoms with E-state index in [1.807, 2.05) is 0 Å². The van der Waals surface area contributed by atoms with Gasteiger partial charge in [-0.2, -0.15) is 0 Å². The average molecular weight is 241 g/mol. The smallest absolute Gasteiger partial charge is 0.150 e. The molecule has 2 N–H and O–H groups in total. The predicted molar refractivity (Wildman–Crippen MR) is 72.5 cm³/mol. The third-order valence-electron chi connectivity index (χ3n) is 2.09. The summed E-state index contributed by atoms with van der Waals surface area (Å²) in [7, 11) is 1.76. The lowest BCUT2D eigenvalue weighted by Gasteiger charge is -1.93. The Balaban J connectivity index is 2.57. The van der Waals surface area contributed by atoms with Gasteiger partial charge < -0.3 is 10.4 Å². The number of aldehydes is 1. The van der Waals surface area contributed by atoms with E-state index in [-0.39, 0.29) is 5.76 Å². The summed E-state index contributed by atoms with van der Waals surface area (Å²) in [6, 6.07) is 7.02. The van der Waals surface area contributed by atoms with Gasteiger partial charge in [-0.25, -0.2) is 0 Å². The summed E-state index contributed by atoms with van der Waals surface area (Å²) in [5.41, 5.74) is 1.48. The van der Waals surface area contributed by atoms with Gasteiger partial charge in [0.2, 0.25) is 0 Å². The van der Waals surface area contributed by atoms with Crippen LogP contribution in [0.1, 0.15) is 15.9 Å². The van der Waals surface area contributed by atoms with Gasteiger partial charge in [-0.3, -0.25) is 4.79 Å². The molecule has 0 saturated carbocycles. The van der Waals surface area contributed by atoms with Gasteiger partial charge in [0.15, 0.2) is 0 Å². The van der Waals surface area contributed by atoms with Crippen LogP contribution in [0.4, 0.5) is 0 Å². The van der Waals surface area contributed by atoms with Crippen molar-refractivity contribution in [3.63, 3.8) is 0 Å². The summed E-state index contributed by atoms with van der Waals surface area (Å²) in [6.45, 7) is 0.435. The topological polar surface area (TPSA) is 49.3 Å². The summed E-state index contributed by atoms with van der Waals surface area (Å²) in [6.07, 6.45) is 5.71. The Labute approximate surface area is 107 Å². The molecule has 0 spiro atoms. The molecule has 0 radical (unpaired) electrons. The number of benzene rings is 1. The Kier molecular flexibility index (Phi) is 6.02. The van der Waals surface area contributed by atoms with Crippen LogP contribution in [0.15, 0.2) is 48.3 Å². The van der Waals surface area contributed by atoms with Crippen LogP contribution in [0, 0.1) is 11.8 Å². The molecule has 3 heteroatoms. The van der Waals surface area contributed by atoms with E-state index in [9.17, 15) is 9.90 Å². The second-order valence-corrected chi connectivity index (χ2v) is 3.56. The number of allylic oxidation sites excluding steroid dienone is 3. The van der Waals surface area contributed by atoms with Crippen molar-refractivity contribution in [2.45, 2.75) is 0 Å². The molecule has 3 nitrogen and oxygen atoms in total. The molecule has 92 valence electrons. The zero-order chi connectivity index (χ0) is 13.2. The van der Waals surface area contributed by atoms with Gasteiger partial charge >= 0.3 is 0 Å². The van der Waals surface area contributed by atoms with Crippen molar-refractivity contribution in [3.05, 3.63) is 59.4 Å². The van der Waals surface area contributed by atoms with Crippen LogP contribution in [0.5, 0.6) is 0 Å². The van der Waals surface area contributed by atoms with E-state index >= 15 is 0 Å². The molecule has 0 aliphatic heterocycles. The Morgan fingerprint density at radius 3 is 2.72 bits per heavy atom. The highest BCUT2D eigenvalue weighted by atomic mass is 16.3. The van der Waals surface area contributed by atoms with Crippen molar-refractivity contribution in [1.82, 2.24) is 5.32 Å². The highest BCUT2D eigenvalue weighted by molar-refractivity contribution is 5.74. The first-order valence-corrected chi connectivity index (χ1v) is 5.52. The van der Waals surface area contributed by atoms with Crippen molar-refractivity contribution >= 4 is 6.29 Å². The molecule has 1 aromatic carbocycles. The lowest BCUT2D eigenvalue weighted by Crippen LogP contribution is -2.09. The SMILES string of the molecule is CNC/C(O)=C/C=C/C#Cc1ccc(C=O)cc1. The van der Waals surface area contributed by atoms with Gasteiger partial charge in [0.1, 0.15) is 12.0 Å². The highest BCUT2D eigenvalue weighted by Crippen LogP contribution is 2.00. The first-order chi connectivity index (χ1) is 8.76. The summed E-state index contributed by atoms with van der Waals surface area (Å²) in [5.74, 6) is 6.02. The van der Waals surface area contributed by atoms with Crippen LogP contribution >= 0.6 is 0 Å². The van der Waals surface area contributed by atoms with Gasteiger partial charge in [0.05, 0.1) is 6.54 Å². The second-order valence-electron chi connectivity index (χ2n) is 3.56. The highest BCUT2D eigenvalue weighted by Gasteiger charge is 1.88. The molecule has 18 heavy (non-hydrogen) atoms. The van der Waals surface area contributed by atoms with Gasteiger partial charge in [-0.05, 0) is 31.3 Å². The predicted octanol–water partition coefficient (Wildman–Crippen LogP) is 2.07. The number of aliphatic hydroxyl groups is 1. The molecule has 1 aromatic rings. The van der Waals surface area contributed by atoms with Crippen LogP contribution < -0.4 is 5.32 Å². The molecule has 0 heterocycles. The van der Waals surface area contributed by atoms with Crippen molar-refractivity contribution in [2.75, 3.05) is 13.6 Å². The second kappa shape index (κ2) is 7.88. The van der Waals surface area contributed by atoms with E-state index in [0.717, 1.165) is 11.8 Å². The fourth-order valence-corrected chi connectivity index (χ4v) is 1.22. The average Bonchev–Trinajstić information content (AvgIpc) is 2.39. The molecular formula is C15H15NO2. The lowest BCUT2D eigenvalue weighted by atomic mass is 10.1. The molecule has 0 saturated heterocycles. The monoisotopic (exact) mass is 241 g/mol. The lowest BCUT2D eigenvalue weighted by molar-refractivity contribution is 0.112. The minimum Gasteiger partial charge on any atom is -0.511 e. The van der Waals surface area contributed by atoms with Gasteiger partial charge in [0, 0.05) is 11.1 Å². The Hall–Kier alpha value is -2.31. The van der Waals surface area contributed by atoms with E-state index in [1.54, 1.807) is 49.5 Å². The molecule has 0 bridgehead atoms. The number of nitrogens with one attached hydrogen (secondary N) is 1. The quantitative estimate of drug-likeness (QED) is 0.367. The van der Waals surface area contributed by atoms with Crippen LogP contribution in [0.25, 0.3) is 0 Å². The molecule has 0 aliphatic rings. The van der Waals surface area contributed by atoms with Gasteiger partial charge in [0.25, 0.3) is 0 Å². The molecule has 0 atom stereocenters. The molecule has 0 aliphatic carbocycles. The van der Waals surface area contributed by atoms with Crippen molar-refractivity contribution < 1.29 is 9.90 Å². The van der Waals surface area contributed by atoms with Gasteiger partial charge in [-0.1, -0.05) is 30.0 Å². The Morgan fingerprint density at radius 1 is 1.39 bits per heavy atom. The number of rotatable bonds is 4. The summed E-state index contributed by atoms with van der Waals surface area (Å²) in [4.78, 5) is 10.5. The Bertz CT molecular complexity index is 502. The summed E-state index contributed by atoms with van der Waals surface area (Å²) >= 11 is 0. The molecular weight excluding hydrogens is 226 g/mol. The molecule has 1 rings (SSSR count). The van der Waals surface area contributed by atoms with E-state index in [4.69, 9.17) is 0 Å². The molecule has 0 unspecified atom stereocenters. The van der Waals surface area contributed by atoms with Crippen LogP contribution in [-0.4, -0.2) is 25.0 Å². The van der Waals surface area contributed by atoms with E-state index < -0.39 is 0 Å². The van der Waals surface area contributed by atoms with E-state index in [2.05, 4.69) is 17.2 Å². The van der Waals surface area contributed by atoms with E-state index in [1.165, 1.54) is 0 Å². The zero-order valence-electron chi connectivity index (χ0n) is 10.2. The fraction of sp³-hybridized carbons (Fsp3) is 0.133. The Morgan fingerprint density at radius 2 is 2.11 bits per heavy atom. The normalized spacial score (nSPS) is 11.1. The third-order valence-corrected chi connectivity index (χ3v) is 2.09.